The quantitative estimate of drug-likeness (QED) is 0.657. The molecule has 0 amide bonds. The van der Waals surface area contributed by atoms with Gasteiger partial charge in [-0.15, -0.1) is 0 Å². The molecule has 1 aromatic carbocycles. The Morgan fingerprint density at radius 3 is 2.79 bits per heavy atom. The van der Waals surface area contributed by atoms with E-state index in [2.05, 4.69) is 63.6 Å². The van der Waals surface area contributed by atoms with Crippen LogP contribution in [0.5, 0.6) is 0 Å². The number of rotatable bonds is 5. The van der Waals surface area contributed by atoms with Crippen molar-refractivity contribution in [1.29, 1.82) is 0 Å². The summed E-state index contributed by atoms with van der Waals surface area (Å²) in [5.74, 6) is 5.73. The number of nitrogens with two attached hydrogens (primary N) is 1. The second-order valence-electron chi connectivity index (χ2n) is 4.49. The van der Waals surface area contributed by atoms with Gasteiger partial charge in [0.15, 0.2) is 0 Å². The van der Waals surface area contributed by atoms with Crippen LogP contribution in [0, 0.1) is 0 Å². The van der Waals surface area contributed by atoms with Crippen molar-refractivity contribution in [1.82, 2.24) is 10.4 Å². The molecule has 4 heteroatoms. The Balaban J connectivity index is 2.25. The van der Waals surface area contributed by atoms with Crippen molar-refractivity contribution in [3.8, 4) is 0 Å². The minimum atomic E-state index is 0.104. The molecule has 1 unspecified atom stereocenters. The molecular formula is C15H18BrN3. The summed E-state index contributed by atoms with van der Waals surface area (Å²) in [6.45, 7) is 2.16. The van der Waals surface area contributed by atoms with Crippen molar-refractivity contribution in [2.45, 2.75) is 25.8 Å². The summed E-state index contributed by atoms with van der Waals surface area (Å²) in [5.41, 5.74) is 6.66. The molecule has 2 rings (SSSR count). The molecule has 3 N–H and O–H groups in total. The first-order valence-corrected chi connectivity index (χ1v) is 7.17. The van der Waals surface area contributed by atoms with Gasteiger partial charge in [0.2, 0.25) is 0 Å². The van der Waals surface area contributed by atoms with Crippen LogP contribution in [0.15, 0.2) is 47.2 Å². The fraction of sp³-hybridized carbons (Fsp3) is 0.267. The van der Waals surface area contributed by atoms with E-state index >= 15 is 0 Å². The Hall–Kier alpha value is -1.23. The lowest BCUT2D eigenvalue weighted by Gasteiger charge is -2.19. The van der Waals surface area contributed by atoms with Crippen LogP contribution in [0.4, 0.5) is 0 Å². The third-order valence-corrected chi connectivity index (χ3v) is 3.65. The smallest absolute Gasteiger partial charge is 0.0503 e. The van der Waals surface area contributed by atoms with Crippen molar-refractivity contribution in [3.05, 3.63) is 63.9 Å². The number of hydrogen-bond donors (Lipinski definition) is 2. The fourth-order valence-electron chi connectivity index (χ4n) is 2.26. The normalized spacial score (nSPS) is 12.4. The number of benzene rings is 1. The van der Waals surface area contributed by atoms with E-state index in [0.717, 1.165) is 22.9 Å². The molecule has 0 saturated carbocycles. The lowest BCUT2D eigenvalue weighted by atomic mass is 9.95. The fourth-order valence-corrected chi connectivity index (χ4v) is 2.67. The van der Waals surface area contributed by atoms with Gasteiger partial charge in [-0.25, -0.2) is 0 Å². The van der Waals surface area contributed by atoms with Crippen molar-refractivity contribution in [2.75, 3.05) is 0 Å². The zero-order valence-corrected chi connectivity index (χ0v) is 12.5. The highest BCUT2D eigenvalue weighted by molar-refractivity contribution is 9.10. The first kappa shape index (κ1) is 14.2. The predicted molar refractivity (Wildman–Crippen MR) is 81.5 cm³/mol. The highest BCUT2D eigenvalue weighted by Gasteiger charge is 2.13. The molecule has 0 aliphatic rings. The number of hydrazine groups is 1. The number of nitrogens with one attached hydrogen (secondary N) is 1. The second kappa shape index (κ2) is 6.80. The predicted octanol–water partition coefficient (Wildman–Crippen LogP) is 3.15. The minimum absolute atomic E-state index is 0.104. The minimum Gasteiger partial charge on any atom is -0.271 e. The summed E-state index contributed by atoms with van der Waals surface area (Å²) in [6, 6.07) is 10.6. The SMILES string of the molecule is CCc1ccccc1C(Cc1cncc(Br)c1)NN. The maximum atomic E-state index is 5.73. The molecule has 0 bridgehead atoms. The third-order valence-electron chi connectivity index (χ3n) is 3.21. The largest absolute Gasteiger partial charge is 0.271 e. The van der Waals surface area contributed by atoms with E-state index in [9.17, 15) is 0 Å². The van der Waals surface area contributed by atoms with Crippen LogP contribution in [-0.2, 0) is 12.8 Å². The van der Waals surface area contributed by atoms with Crippen LogP contribution < -0.4 is 11.3 Å². The molecule has 0 radical (unpaired) electrons. The number of halogens is 1. The Bertz CT molecular complexity index is 542. The number of nitrogens with zero attached hydrogens (tertiary/aromatic N) is 1. The van der Waals surface area contributed by atoms with E-state index < -0.39 is 0 Å². The Kier molecular flexibility index (Phi) is 5.07. The monoisotopic (exact) mass is 319 g/mol. The van der Waals surface area contributed by atoms with Gasteiger partial charge in [0.25, 0.3) is 0 Å². The molecule has 1 heterocycles. The molecule has 1 aromatic heterocycles. The van der Waals surface area contributed by atoms with Gasteiger partial charge in [0, 0.05) is 16.9 Å². The van der Waals surface area contributed by atoms with Gasteiger partial charge in [-0.05, 0) is 51.5 Å². The molecule has 0 spiro atoms. The molecule has 0 saturated heterocycles. The third kappa shape index (κ3) is 3.62. The van der Waals surface area contributed by atoms with Crippen LogP contribution in [0.25, 0.3) is 0 Å². The summed E-state index contributed by atoms with van der Waals surface area (Å²) in [6.07, 6.45) is 5.49. The summed E-state index contributed by atoms with van der Waals surface area (Å²) in [5, 5.41) is 0. The summed E-state index contributed by atoms with van der Waals surface area (Å²) in [4.78, 5) is 4.19. The van der Waals surface area contributed by atoms with E-state index in [1.807, 2.05) is 6.20 Å². The van der Waals surface area contributed by atoms with Crippen molar-refractivity contribution >= 4 is 15.9 Å². The van der Waals surface area contributed by atoms with E-state index in [0.29, 0.717) is 0 Å². The van der Waals surface area contributed by atoms with Gasteiger partial charge < -0.3 is 0 Å². The summed E-state index contributed by atoms with van der Waals surface area (Å²) < 4.78 is 0.990. The lowest BCUT2D eigenvalue weighted by Crippen LogP contribution is -2.30. The van der Waals surface area contributed by atoms with Crippen LogP contribution in [0.1, 0.15) is 29.7 Å². The summed E-state index contributed by atoms with van der Waals surface area (Å²) >= 11 is 3.44. The zero-order chi connectivity index (χ0) is 13.7. The van der Waals surface area contributed by atoms with Gasteiger partial charge in [-0.1, -0.05) is 31.2 Å². The number of hydrogen-bond acceptors (Lipinski definition) is 3. The first-order chi connectivity index (χ1) is 9.24. The highest BCUT2D eigenvalue weighted by atomic mass is 79.9. The molecule has 100 valence electrons. The maximum Gasteiger partial charge on any atom is 0.0503 e. The van der Waals surface area contributed by atoms with Crippen LogP contribution in [0.3, 0.4) is 0 Å². The zero-order valence-electron chi connectivity index (χ0n) is 10.9. The first-order valence-electron chi connectivity index (χ1n) is 6.38. The van der Waals surface area contributed by atoms with Crippen LogP contribution >= 0.6 is 15.9 Å². The Morgan fingerprint density at radius 2 is 2.11 bits per heavy atom. The number of aromatic nitrogens is 1. The average Bonchev–Trinajstić information content (AvgIpc) is 2.45. The van der Waals surface area contributed by atoms with Gasteiger partial charge >= 0.3 is 0 Å². The molecule has 0 aliphatic heterocycles. The number of aryl methyl sites for hydroxylation is 1. The van der Waals surface area contributed by atoms with E-state index in [1.54, 1.807) is 6.20 Å². The van der Waals surface area contributed by atoms with Crippen molar-refractivity contribution in [3.63, 3.8) is 0 Å². The molecule has 2 aromatic rings. The van der Waals surface area contributed by atoms with E-state index in [1.165, 1.54) is 11.1 Å². The lowest BCUT2D eigenvalue weighted by molar-refractivity contribution is 0.547. The molecule has 19 heavy (non-hydrogen) atoms. The van der Waals surface area contributed by atoms with Gasteiger partial charge in [-0.2, -0.15) is 0 Å². The van der Waals surface area contributed by atoms with Crippen LogP contribution in [-0.4, -0.2) is 4.98 Å². The van der Waals surface area contributed by atoms with E-state index in [-0.39, 0.29) is 6.04 Å². The summed E-state index contributed by atoms with van der Waals surface area (Å²) in [7, 11) is 0. The molecule has 1 atom stereocenters. The molecular weight excluding hydrogens is 302 g/mol. The second-order valence-corrected chi connectivity index (χ2v) is 5.40. The van der Waals surface area contributed by atoms with Gasteiger partial charge in [0.05, 0.1) is 6.04 Å². The van der Waals surface area contributed by atoms with E-state index in [4.69, 9.17) is 5.84 Å². The van der Waals surface area contributed by atoms with Gasteiger partial charge in [-0.3, -0.25) is 16.3 Å². The average molecular weight is 320 g/mol. The van der Waals surface area contributed by atoms with Crippen LogP contribution in [0.2, 0.25) is 0 Å². The Labute approximate surface area is 122 Å². The topological polar surface area (TPSA) is 50.9 Å². The molecule has 0 fully saturated rings. The van der Waals surface area contributed by atoms with Crippen molar-refractivity contribution < 1.29 is 0 Å². The van der Waals surface area contributed by atoms with Gasteiger partial charge in [0.1, 0.15) is 0 Å². The maximum absolute atomic E-state index is 5.73. The van der Waals surface area contributed by atoms with Crippen molar-refractivity contribution in [2.24, 2.45) is 5.84 Å². The Morgan fingerprint density at radius 1 is 1.32 bits per heavy atom. The molecule has 0 aliphatic carbocycles. The molecule has 3 nitrogen and oxygen atoms in total. The standard InChI is InChI=1S/C15H18BrN3/c1-2-12-5-3-4-6-14(12)15(19-17)8-11-7-13(16)10-18-9-11/h3-7,9-10,15,19H,2,8,17H2,1H3. The highest BCUT2D eigenvalue weighted by Crippen LogP contribution is 2.22. The number of pyridine rings is 1.